The molecule has 0 bridgehead atoms. The molecule has 0 aliphatic heterocycles. The number of carbonyl (C=O) groups excluding carboxylic acids is 3. The fourth-order valence-corrected chi connectivity index (χ4v) is 6.25. The van der Waals surface area contributed by atoms with Crippen LogP contribution in [0.5, 0.6) is 0 Å². The first kappa shape index (κ1) is 46.4. The Morgan fingerprint density at radius 3 is 1.02 bits per heavy atom. The van der Waals surface area contributed by atoms with Gasteiger partial charge in [-0.25, -0.2) is 0 Å². The first-order chi connectivity index (χ1) is 23.5. The standard InChI is InChI=1S/C42H80O6/c1-5-9-13-17-22-26-32-38(47-41(44)35-29-20-15-11-7-3)39(48-42(45)36-30-21-16-12-8-4)33-27-23-19-24-28-34-40(43)46-37-31-25-18-14-10-6-2/h38-39H,5-37H2,1-4H3. The Hall–Kier alpha value is -1.59. The van der Waals surface area contributed by atoms with Crippen molar-refractivity contribution < 1.29 is 28.6 Å². The number of hydrogen-bond acceptors (Lipinski definition) is 6. The van der Waals surface area contributed by atoms with Gasteiger partial charge < -0.3 is 14.2 Å². The quantitative estimate of drug-likeness (QED) is 0.0369. The van der Waals surface area contributed by atoms with Crippen LogP contribution in [0, 0.1) is 0 Å². The average Bonchev–Trinajstić information content (AvgIpc) is 3.07. The monoisotopic (exact) mass is 681 g/mol. The topological polar surface area (TPSA) is 78.9 Å². The van der Waals surface area contributed by atoms with Gasteiger partial charge in [0.15, 0.2) is 0 Å². The second-order valence-electron chi connectivity index (χ2n) is 14.2. The van der Waals surface area contributed by atoms with Crippen LogP contribution in [0.15, 0.2) is 0 Å². The van der Waals surface area contributed by atoms with E-state index in [9.17, 15) is 14.4 Å². The lowest BCUT2D eigenvalue weighted by atomic mass is 9.99. The van der Waals surface area contributed by atoms with Crippen molar-refractivity contribution in [1.82, 2.24) is 0 Å². The molecule has 0 aromatic heterocycles. The van der Waals surface area contributed by atoms with E-state index in [4.69, 9.17) is 14.2 Å². The smallest absolute Gasteiger partial charge is 0.306 e. The van der Waals surface area contributed by atoms with E-state index in [-0.39, 0.29) is 30.1 Å². The summed E-state index contributed by atoms with van der Waals surface area (Å²) < 4.78 is 17.7. The molecule has 6 nitrogen and oxygen atoms in total. The number of hydrogen-bond donors (Lipinski definition) is 0. The molecule has 0 amide bonds. The molecule has 0 saturated heterocycles. The third kappa shape index (κ3) is 31.7. The molecular weight excluding hydrogens is 600 g/mol. The van der Waals surface area contributed by atoms with Crippen LogP contribution in [0.25, 0.3) is 0 Å². The van der Waals surface area contributed by atoms with E-state index in [0.717, 1.165) is 103 Å². The van der Waals surface area contributed by atoms with Gasteiger partial charge in [-0.05, 0) is 51.4 Å². The van der Waals surface area contributed by atoms with Crippen LogP contribution < -0.4 is 0 Å². The lowest BCUT2D eigenvalue weighted by Crippen LogP contribution is -2.35. The van der Waals surface area contributed by atoms with Crippen molar-refractivity contribution in [3.8, 4) is 0 Å². The third-order valence-corrected chi connectivity index (χ3v) is 9.42. The van der Waals surface area contributed by atoms with E-state index in [1.165, 1.54) is 77.0 Å². The number of esters is 3. The molecule has 284 valence electrons. The molecule has 0 aromatic carbocycles. The number of ether oxygens (including phenoxy) is 3. The van der Waals surface area contributed by atoms with Crippen LogP contribution in [-0.4, -0.2) is 36.7 Å². The second-order valence-corrected chi connectivity index (χ2v) is 14.2. The molecule has 0 aliphatic rings. The van der Waals surface area contributed by atoms with E-state index in [1.54, 1.807) is 0 Å². The molecule has 2 atom stereocenters. The van der Waals surface area contributed by atoms with Gasteiger partial charge in [0.25, 0.3) is 0 Å². The minimum atomic E-state index is -0.384. The molecular formula is C42H80O6. The van der Waals surface area contributed by atoms with E-state index in [2.05, 4.69) is 27.7 Å². The van der Waals surface area contributed by atoms with Crippen LogP contribution in [0.1, 0.15) is 233 Å². The van der Waals surface area contributed by atoms with Gasteiger partial charge in [-0.2, -0.15) is 0 Å². The van der Waals surface area contributed by atoms with Crippen molar-refractivity contribution in [2.75, 3.05) is 6.61 Å². The summed E-state index contributed by atoms with van der Waals surface area (Å²) in [4.78, 5) is 38.1. The highest BCUT2D eigenvalue weighted by Gasteiger charge is 2.28. The van der Waals surface area contributed by atoms with Crippen molar-refractivity contribution >= 4 is 17.9 Å². The van der Waals surface area contributed by atoms with Gasteiger partial charge in [0, 0.05) is 19.3 Å². The lowest BCUT2D eigenvalue weighted by molar-refractivity contribution is -0.169. The minimum absolute atomic E-state index is 0.0741. The number of unbranched alkanes of at least 4 members (excludes halogenated alkanes) is 22. The van der Waals surface area contributed by atoms with Gasteiger partial charge in [0.1, 0.15) is 12.2 Å². The molecule has 0 saturated carbocycles. The zero-order chi connectivity index (χ0) is 35.3. The minimum Gasteiger partial charge on any atom is -0.466 e. The summed E-state index contributed by atoms with van der Waals surface area (Å²) in [6.45, 7) is 9.39. The lowest BCUT2D eigenvalue weighted by Gasteiger charge is -2.27. The fourth-order valence-electron chi connectivity index (χ4n) is 6.25. The van der Waals surface area contributed by atoms with Gasteiger partial charge in [-0.15, -0.1) is 0 Å². The molecule has 0 radical (unpaired) electrons. The van der Waals surface area contributed by atoms with Crippen molar-refractivity contribution in [3.63, 3.8) is 0 Å². The highest BCUT2D eigenvalue weighted by molar-refractivity contribution is 5.70. The summed E-state index contributed by atoms with van der Waals surface area (Å²) in [6, 6.07) is 0. The van der Waals surface area contributed by atoms with Crippen LogP contribution in [0.4, 0.5) is 0 Å². The molecule has 0 N–H and O–H groups in total. The maximum Gasteiger partial charge on any atom is 0.306 e. The molecule has 0 rings (SSSR count). The molecule has 0 spiro atoms. The van der Waals surface area contributed by atoms with Gasteiger partial charge >= 0.3 is 17.9 Å². The molecule has 6 heteroatoms. The summed E-state index contributed by atoms with van der Waals surface area (Å²) in [6.07, 6.45) is 31.9. The Morgan fingerprint density at radius 2 is 0.646 bits per heavy atom. The van der Waals surface area contributed by atoms with Crippen molar-refractivity contribution in [2.24, 2.45) is 0 Å². The van der Waals surface area contributed by atoms with E-state index in [0.29, 0.717) is 32.3 Å². The summed E-state index contributed by atoms with van der Waals surface area (Å²) in [5.74, 6) is -0.374. The highest BCUT2D eigenvalue weighted by atomic mass is 16.6. The zero-order valence-corrected chi connectivity index (χ0v) is 32.4. The number of rotatable bonds is 37. The SMILES string of the molecule is CCCCCCCCOC(=O)CCCCCCCC(OC(=O)CCCCCCC)C(CCCCCCCC)OC(=O)CCCCCCC. The largest absolute Gasteiger partial charge is 0.466 e. The summed E-state index contributed by atoms with van der Waals surface area (Å²) in [5.41, 5.74) is 0. The Labute approximate surface area is 298 Å². The Morgan fingerprint density at radius 1 is 0.354 bits per heavy atom. The van der Waals surface area contributed by atoms with E-state index >= 15 is 0 Å². The molecule has 0 fully saturated rings. The maximum absolute atomic E-state index is 13.0. The predicted octanol–water partition coefficient (Wildman–Crippen LogP) is 12.9. The summed E-state index contributed by atoms with van der Waals surface area (Å²) in [7, 11) is 0. The van der Waals surface area contributed by atoms with Crippen LogP contribution in [0.3, 0.4) is 0 Å². The highest BCUT2D eigenvalue weighted by Crippen LogP contribution is 2.22. The summed E-state index contributed by atoms with van der Waals surface area (Å²) in [5, 5.41) is 0. The predicted molar refractivity (Wildman–Crippen MR) is 201 cm³/mol. The van der Waals surface area contributed by atoms with Crippen LogP contribution >= 0.6 is 0 Å². The normalized spacial score (nSPS) is 12.5. The van der Waals surface area contributed by atoms with Gasteiger partial charge in [-0.1, -0.05) is 163 Å². The van der Waals surface area contributed by atoms with E-state index in [1.807, 2.05) is 0 Å². The first-order valence-corrected chi connectivity index (χ1v) is 21.0. The zero-order valence-electron chi connectivity index (χ0n) is 32.4. The molecule has 0 heterocycles. The van der Waals surface area contributed by atoms with Crippen molar-refractivity contribution in [1.29, 1.82) is 0 Å². The second kappa shape index (κ2) is 36.7. The maximum atomic E-state index is 13.0. The molecule has 2 unspecified atom stereocenters. The van der Waals surface area contributed by atoms with Crippen LogP contribution in [-0.2, 0) is 28.6 Å². The van der Waals surface area contributed by atoms with E-state index < -0.39 is 0 Å². The average molecular weight is 681 g/mol. The Bertz CT molecular complexity index is 723. The third-order valence-electron chi connectivity index (χ3n) is 9.42. The van der Waals surface area contributed by atoms with Crippen molar-refractivity contribution in [3.05, 3.63) is 0 Å². The first-order valence-electron chi connectivity index (χ1n) is 21.0. The fraction of sp³-hybridized carbons (Fsp3) is 0.929. The molecule has 0 aromatic rings. The van der Waals surface area contributed by atoms with Gasteiger partial charge in [0.2, 0.25) is 0 Å². The van der Waals surface area contributed by atoms with Crippen LogP contribution in [0.2, 0.25) is 0 Å². The Kier molecular flexibility index (Phi) is 35.5. The van der Waals surface area contributed by atoms with Gasteiger partial charge in [0.05, 0.1) is 6.61 Å². The van der Waals surface area contributed by atoms with Crippen molar-refractivity contribution in [2.45, 2.75) is 245 Å². The molecule has 48 heavy (non-hydrogen) atoms. The van der Waals surface area contributed by atoms with Gasteiger partial charge in [-0.3, -0.25) is 14.4 Å². The molecule has 0 aliphatic carbocycles. The Balaban J connectivity index is 4.92. The summed E-state index contributed by atoms with van der Waals surface area (Å²) >= 11 is 0. The number of carbonyl (C=O) groups is 3.